The Morgan fingerprint density at radius 3 is 2.62 bits per heavy atom. The Hall–Kier alpha value is -1.88. The minimum atomic E-state index is -0.426. The number of nitrogens with zero attached hydrogens (tertiary/aromatic N) is 1. The van der Waals surface area contributed by atoms with Crippen LogP contribution < -0.4 is 5.32 Å². The third-order valence-electron chi connectivity index (χ3n) is 2.68. The van der Waals surface area contributed by atoms with E-state index in [0.29, 0.717) is 11.5 Å². The van der Waals surface area contributed by atoms with E-state index >= 15 is 0 Å². The molecule has 0 fully saturated rings. The summed E-state index contributed by atoms with van der Waals surface area (Å²) in [6.07, 6.45) is 0. The van der Waals surface area contributed by atoms with E-state index in [2.05, 4.69) is 26.2 Å². The van der Waals surface area contributed by atoms with E-state index in [4.69, 9.17) is 4.74 Å². The van der Waals surface area contributed by atoms with Gasteiger partial charge in [-0.05, 0) is 43.7 Å². The SMILES string of the molecule is CC(C)Nc1cccc(C(=O)OCc2ccc(Br)cc2)n1. The van der Waals surface area contributed by atoms with Crippen molar-refractivity contribution in [2.24, 2.45) is 0 Å². The lowest BCUT2D eigenvalue weighted by atomic mass is 10.2. The molecule has 0 saturated carbocycles. The van der Waals surface area contributed by atoms with Gasteiger partial charge in [-0.1, -0.05) is 34.1 Å². The maximum absolute atomic E-state index is 12.0. The summed E-state index contributed by atoms with van der Waals surface area (Å²) < 4.78 is 6.26. The maximum Gasteiger partial charge on any atom is 0.357 e. The molecule has 0 saturated heterocycles. The van der Waals surface area contributed by atoms with Gasteiger partial charge in [0.25, 0.3) is 0 Å². The van der Waals surface area contributed by atoms with Crippen LogP contribution in [0.2, 0.25) is 0 Å². The molecule has 1 N–H and O–H groups in total. The van der Waals surface area contributed by atoms with Crippen LogP contribution in [-0.2, 0) is 11.3 Å². The first-order valence-corrected chi connectivity index (χ1v) is 7.49. The summed E-state index contributed by atoms with van der Waals surface area (Å²) in [5, 5.41) is 3.16. The number of halogens is 1. The van der Waals surface area contributed by atoms with Crippen molar-refractivity contribution in [2.75, 3.05) is 5.32 Å². The smallest absolute Gasteiger partial charge is 0.357 e. The van der Waals surface area contributed by atoms with E-state index in [9.17, 15) is 4.79 Å². The van der Waals surface area contributed by atoms with Crippen LogP contribution in [0, 0.1) is 0 Å². The van der Waals surface area contributed by atoms with Gasteiger partial charge in [0.2, 0.25) is 0 Å². The Bertz CT molecular complexity index is 612. The second-order valence-electron chi connectivity index (χ2n) is 4.91. The van der Waals surface area contributed by atoms with Crippen LogP contribution in [-0.4, -0.2) is 17.0 Å². The molecule has 1 aromatic carbocycles. The maximum atomic E-state index is 12.0. The van der Waals surface area contributed by atoms with Gasteiger partial charge in [0.15, 0.2) is 5.69 Å². The van der Waals surface area contributed by atoms with Gasteiger partial charge in [0.05, 0.1) is 0 Å². The lowest BCUT2D eigenvalue weighted by Crippen LogP contribution is -2.13. The number of benzene rings is 1. The average molecular weight is 349 g/mol. The lowest BCUT2D eigenvalue weighted by Gasteiger charge is -2.10. The van der Waals surface area contributed by atoms with E-state index in [1.807, 2.05) is 44.2 Å². The lowest BCUT2D eigenvalue weighted by molar-refractivity contribution is 0.0466. The Balaban J connectivity index is 1.98. The van der Waals surface area contributed by atoms with Crippen molar-refractivity contribution in [3.63, 3.8) is 0 Å². The van der Waals surface area contributed by atoms with Crippen molar-refractivity contribution in [3.05, 3.63) is 58.2 Å². The molecule has 21 heavy (non-hydrogen) atoms. The van der Waals surface area contributed by atoms with Gasteiger partial charge in [-0.15, -0.1) is 0 Å². The van der Waals surface area contributed by atoms with Crippen LogP contribution in [0.25, 0.3) is 0 Å². The highest BCUT2D eigenvalue weighted by atomic mass is 79.9. The van der Waals surface area contributed by atoms with Crippen LogP contribution in [0.1, 0.15) is 29.9 Å². The summed E-state index contributed by atoms with van der Waals surface area (Å²) in [5.74, 6) is 0.244. The molecule has 5 heteroatoms. The number of hydrogen-bond donors (Lipinski definition) is 1. The number of carbonyl (C=O) groups excluding carboxylic acids is 1. The van der Waals surface area contributed by atoms with Crippen molar-refractivity contribution >= 4 is 27.7 Å². The highest BCUT2D eigenvalue weighted by molar-refractivity contribution is 9.10. The summed E-state index contributed by atoms with van der Waals surface area (Å²) in [5.41, 5.74) is 1.24. The fraction of sp³-hybridized carbons (Fsp3) is 0.250. The standard InChI is InChI=1S/C16H17BrN2O2/c1-11(2)18-15-5-3-4-14(19-15)16(20)21-10-12-6-8-13(17)9-7-12/h3-9,11H,10H2,1-2H3,(H,18,19). The number of esters is 1. The van der Waals surface area contributed by atoms with Crippen LogP contribution >= 0.6 is 15.9 Å². The summed E-state index contributed by atoms with van der Waals surface area (Å²) in [4.78, 5) is 16.2. The number of anilines is 1. The molecule has 0 spiro atoms. The van der Waals surface area contributed by atoms with E-state index in [1.165, 1.54) is 0 Å². The number of hydrogen-bond acceptors (Lipinski definition) is 4. The molecule has 0 amide bonds. The average Bonchev–Trinajstić information content (AvgIpc) is 2.46. The van der Waals surface area contributed by atoms with Crippen LogP contribution in [0.15, 0.2) is 46.9 Å². The Kier molecular flexibility index (Phi) is 5.33. The van der Waals surface area contributed by atoms with Crippen molar-refractivity contribution in [2.45, 2.75) is 26.5 Å². The molecule has 0 bridgehead atoms. The van der Waals surface area contributed by atoms with Gasteiger partial charge >= 0.3 is 5.97 Å². The number of ether oxygens (including phenoxy) is 1. The predicted octanol–water partition coefficient (Wildman–Crippen LogP) is 4.02. The molecule has 1 aromatic heterocycles. The molecule has 0 atom stereocenters. The monoisotopic (exact) mass is 348 g/mol. The number of aromatic nitrogens is 1. The molecule has 0 aliphatic heterocycles. The third kappa shape index (κ3) is 4.86. The zero-order valence-corrected chi connectivity index (χ0v) is 13.6. The minimum Gasteiger partial charge on any atom is -0.456 e. The summed E-state index contributed by atoms with van der Waals surface area (Å²) in [6, 6.07) is 13.1. The molecule has 0 radical (unpaired) electrons. The molecular weight excluding hydrogens is 332 g/mol. The third-order valence-corrected chi connectivity index (χ3v) is 3.21. The number of rotatable bonds is 5. The molecule has 1 heterocycles. The molecule has 2 aromatic rings. The van der Waals surface area contributed by atoms with E-state index in [0.717, 1.165) is 10.0 Å². The Labute approximate surface area is 132 Å². The highest BCUT2D eigenvalue weighted by Gasteiger charge is 2.10. The largest absolute Gasteiger partial charge is 0.456 e. The molecular formula is C16H17BrN2O2. The predicted molar refractivity (Wildman–Crippen MR) is 86.3 cm³/mol. The van der Waals surface area contributed by atoms with Gasteiger partial charge in [0.1, 0.15) is 12.4 Å². The van der Waals surface area contributed by atoms with Crippen molar-refractivity contribution < 1.29 is 9.53 Å². The summed E-state index contributed by atoms with van der Waals surface area (Å²) in [7, 11) is 0. The quantitative estimate of drug-likeness (QED) is 0.829. The molecule has 0 aliphatic rings. The second-order valence-corrected chi connectivity index (χ2v) is 5.83. The Morgan fingerprint density at radius 1 is 1.24 bits per heavy atom. The van der Waals surface area contributed by atoms with E-state index < -0.39 is 5.97 Å². The van der Waals surface area contributed by atoms with Crippen molar-refractivity contribution in [3.8, 4) is 0 Å². The molecule has 0 unspecified atom stereocenters. The first-order chi connectivity index (χ1) is 10.0. The van der Waals surface area contributed by atoms with Gasteiger partial charge in [0, 0.05) is 10.5 Å². The first-order valence-electron chi connectivity index (χ1n) is 6.70. The van der Waals surface area contributed by atoms with Gasteiger partial charge in [-0.2, -0.15) is 0 Å². The zero-order valence-electron chi connectivity index (χ0n) is 12.0. The second kappa shape index (κ2) is 7.22. The normalized spacial score (nSPS) is 10.5. The Morgan fingerprint density at radius 2 is 1.95 bits per heavy atom. The number of carbonyl (C=O) groups is 1. The minimum absolute atomic E-state index is 0.232. The molecule has 0 aliphatic carbocycles. The fourth-order valence-corrected chi connectivity index (χ4v) is 1.99. The molecule has 110 valence electrons. The zero-order chi connectivity index (χ0) is 15.2. The number of nitrogens with one attached hydrogen (secondary N) is 1. The van der Waals surface area contributed by atoms with Crippen LogP contribution in [0.3, 0.4) is 0 Å². The number of pyridine rings is 1. The van der Waals surface area contributed by atoms with E-state index in [1.54, 1.807) is 12.1 Å². The topological polar surface area (TPSA) is 51.2 Å². The highest BCUT2D eigenvalue weighted by Crippen LogP contribution is 2.12. The molecule has 4 nitrogen and oxygen atoms in total. The first kappa shape index (κ1) is 15.5. The van der Waals surface area contributed by atoms with E-state index in [-0.39, 0.29) is 12.6 Å². The van der Waals surface area contributed by atoms with Crippen molar-refractivity contribution in [1.82, 2.24) is 4.98 Å². The van der Waals surface area contributed by atoms with Crippen LogP contribution in [0.4, 0.5) is 5.82 Å². The van der Waals surface area contributed by atoms with Gasteiger partial charge in [-0.25, -0.2) is 9.78 Å². The van der Waals surface area contributed by atoms with Gasteiger partial charge < -0.3 is 10.1 Å². The summed E-state index contributed by atoms with van der Waals surface area (Å²) in [6.45, 7) is 4.26. The van der Waals surface area contributed by atoms with Crippen molar-refractivity contribution in [1.29, 1.82) is 0 Å². The summed E-state index contributed by atoms with van der Waals surface area (Å²) >= 11 is 3.36. The molecule has 2 rings (SSSR count). The fourth-order valence-electron chi connectivity index (χ4n) is 1.73. The van der Waals surface area contributed by atoms with Crippen LogP contribution in [0.5, 0.6) is 0 Å². The van der Waals surface area contributed by atoms with Gasteiger partial charge in [-0.3, -0.25) is 0 Å².